The Kier molecular flexibility index (Phi) is 7.18. The van der Waals surface area contributed by atoms with Crippen molar-refractivity contribution in [2.24, 2.45) is 0 Å². The summed E-state index contributed by atoms with van der Waals surface area (Å²) in [6.45, 7) is 2.22. The van der Waals surface area contributed by atoms with Gasteiger partial charge in [-0.15, -0.1) is 0 Å². The summed E-state index contributed by atoms with van der Waals surface area (Å²) in [5.74, 6) is 0.243. The van der Waals surface area contributed by atoms with Crippen LogP contribution in [0.4, 0.5) is 0 Å². The van der Waals surface area contributed by atoms with Crippen LogP contribution in [0.3, 0.4) is 0 Å². The number of allylic oxidation sites excluding steroid dienone is 1. The van der Waals surface area contributed by atoms with E-state index in [0.29, 0.717) is 6.42 Å². The summed E-state index contributed by atoms with van der Waals surface area (Å²) in [7, 11) is 0. The second kappa shape index (κ2) is 8.46. The van der Waals surface area contributed by atoms with Crippen molar-refractivity contribution in [1.29, 1.82) is 0 Å². The molecule has 2 nitrogen and oxygen atoms in total. The van der Waals surface area contributed by atoms with E-state index in [4.69, 9.17) is 0 Å². The first kappa shape index (κ1) is 14.4. The average molecular weight is 238 g/mol. The third-order valence-electron chi connectivity index (χ3n) is 3.46. The molecule has 1 atom stereocenters. The van der Waals surface area contributed by atoms with Gasteiger partial charge in [0.1, 0.15) is 0 Å². The Labute approximate surface area is 105 Å². The fourth-order valence-corrected chi connectivity index (χ4v) is 2.37. The summed E-state index contributed by atoms with van der Waals surface area (Å²) in [6, 6.07) is 0. The van der Waals surface area contributed by atoms with Gasteiger partial charge in [0.15, 0.2) is 5.78 Å². The molecule has 0 aromatic carbocycles. The number of ketones is 1. The number of hydrogen-bond donors (Lipinski definition) is 1. The largest absolute Gasteiger partial charge is 0.389 e. The predicted octanol–water partition coefficient (Wildman–Crippen LogP) is 3.78. The zero-order chi connectivity index (χ0) is 12.5. The molecule has 1 rings (SSSR count). The minimum Gasteiger partial charge on any atom is -0.389 e. The molecule has 0 saturated heterocycles. The summed E-state index contributed by atoms with van der Waals surface area (Å²) in [5.41, 5.74) is 0.864. The first-order valence-corrected chi connectivity index (χ1v) is 7.16. The van der Waals surface area contributed by atoms with Gasteiger partial charge < -0.3 is 5.11 Å². The average Bonchev–Trinajstić information content (AvgIpc) is 2.69. The molecule has 1 aliphatic rings. The van der Waals surface area contributed by atoms with Crippen LogP contribution in [0.2, 0.25) is 0 Å². The molecule has 17 heavy (non-hydrogen) atoms. The Morgan fingerprint density at radius 3 is 2.53 bits per heavy atom. The number of carbonyl (C=O) groups excluding carboxylic acids is 1. The van der Waals surface area contributed by atoms with Crippen molar-refractivity contribution in [3.63, 3.8) is 0 Å². The molecule has 0 aromatic heterocycles. The van der Waals surface area contributed by atoms with Gasteiger partial charge in [0.25, 0.3) is 0 Å². The van der Waals surface area contributed by atoms with E-state index in [-0.39, 0.29) is 5.78 Å². The third kappa shape index (κ3) is 6.02. The van der Waals surface area contributed by atoms with Gasteiger partial charge in [0.2, 0.25) is 0 Å². The topological polar surface area (TPSA) is 37.3 Å². The molecule has 2 heteroatoms. The van der Waals surface area contributed by atoms with Gasteiger partial charge in [-0.3, -0.25) is 4.79 Å². The molecule has 0 bridgehead atoms. The number of hydrogen-bond acceptors (Lipinski definition) is 2. The highest BCUT2D eigenvalue weighted by molar-refractivity contribution is 5.97. The Balaban J connectivity index is 2.08. The van der Waals surface area contributed by atoms with Crippen molar-refractivity contribution in [2.45, 2.75) is 77.2 Å². The van der Waals surface area contributed by atoms with Crippen molar-refractivity contribution >= 4 is 5.78 Å². The molecule has 0 unspecified atom stereocenters. The number of rotatable bonds is 8. The minimum absolute atomic E-state index is 0.243. The van der Waals surface area contributed by atoms with Crippen LogP contribution in [-0.4, -0.2) is 17.0 Å². The lowest BCUT2D eigenvalue weighted by molar-refractivity contribution is -0.114. The van der Waals surface area contributed by atoms with Crippen molar-refractivity contribution in [3.05, 3.63) is 11.6 Å². The van der Waals surface area contributed by atoms with Gasteiger partial charge in [-0.1, -0.05) is 45.4 Å². The van der Waals surface area contributed by atoms with Crippen LogP contribution >= 0.6 is 0 Å². The first-order valence-electron chi connectivity index (χ1n) is 7.16. The summed E-state index contributed by atoms with van der Waals surface area (Å²) >= 11 is 0. The van der Waals surface area contributed by atoms with E-state index in [0.717, 1.165) is 31.3 Å². The summed E-state index contributed by atoms with van der Waals surface area (Å²) in [5, 5.41) is 9.80. The lowest BCUT2D eigenvalue weighted by Gasteiger charge is -2.06. The molecule has 0 heterocycles. The number of unbranched alkanes of at least 4 members (excludes halogenated alkanes) is 5. The maximum absolute atomic E-state index is 11.4. The zero-order valence-electron chi connectivity index (χ0n) is 11.1. The van der Waals surface area contributed by atoms with Gasteiger partial charge >= 0.3 is 0 Å². The van der Waals surface area contributed by atoms with Crippen molar-refractivity contribution in [3.8, 4) is 0 Å². The normalized spacial score (nSPS) is 20.1. The maximum Gasteiger partial charge on any atom is 0.158 e. The summed E-state index contributed by atoms with van der Waals surface area (Å²) in [4.78, 5) is 11.4. The maximum atomic E-state index is 11.4. The molecule has 0 spiro atoms. The monoisotopic (exact) mass is 238 g/mol. The Morgan fingerprint density at radius 1 is 1.18 bits per heavy atom. The summed E-state index contributed by atoms with van der Waals surface area (Å²) < 4.78 is 0. The molecule has 0 aliphatic heterocycles. The third-order valence-corrected chi connectivity index (χ3v) is 3.46. The number of aliphatic hydroxyl groups excluding tert-OH is 1. The zero-order valence-corrected chi connectivity index (χ0v) is 11.1. The van der Waals surface area contributed by atoms with E-state index in [2.05, 4.69) is 6.92 Å². The highest BCUT2D eigenvalue weighted by atomic mass is 16.3. The van der Waals surface area contributed by atoms with E-state index in [9.17, 15) is 9.90 Å². The van der Waals surface area contributed by atoms with Crippen LogP contribution in [0.15, 0.2) is 11.6 Å². The van der Waals surface area contributed by atoms with Crippen LogP contribution in [0.1, 0.15) is 71.1 Å². The van der Waals surface area contributed by atoms with E-state index in [1.54, 1.807) is 6.08 Å². The van der Waals surface area contributed by atoms with E-state index < -0.39 is 6.10 Å². The molecule has 98 valence electrons. The van der Waals surface area contributed by atoms with E-state index in [1.807, 2.05) is 0 Å². The molecule has 1 fully saturated rings. The van der Waals surface area contributed by atoms with Crippen LogP contribution in [0.25, 0.3) is 0 Å². The molecule has 0 aromatic rings. The fourth-order valence-electron chi connectivity index (χ4n) is 2.37. The lowest BCUT2D eigenvalue weighted by Crippen LogP contribution is -2.05. The Hall–Kier alpha value is -0.630. The van der Waals surface area contributed by atoms with Crippen LogP contribution in [0.5, 0.6) is 0 Å². The van der Waals surface area contributed by atoms with Crippen molar-refractivity contribution in [1.82, 2.24) is 0 Å². The van der Waals surface area contributed by atoms with Crippen molar-refractivity contribution < 1.29 is 9.90 Å². The molecular formula is C15H26O2. The van der Waals surface area contributed by atoms with E-state index >= 15 is 0 Å². The second-order valence-corrected chi connectivity index (χ2v) is 5.09. The van der Waals surface area contributed by atoms with Gasteiger partial charge in [-0.2, -0.15) is 0 Å². The van der Waals surface area contributed by atoms with Crippen LogP contribution < -0.4 is 0 Å². The summed E-state index contributed by atoms with van der Waals surface area (Å²) in [6.07, 6.45) is 12.2. The van der Waals surface area contributed by atoms with Crippen molar-refractivity contribution in [2.75, 3.05) is 0 Å². The highest BCUT2D eigenvalue weighted by Crippen LogP contribution is 2.21. The molecule has 0 radical (unpaired) electrons. The predicted molar refractivity (Wildman–Crippen MR) is 70.9 cm³/mol. The number of aliphatic hydroxyl groups is 1. The van der Waals surface area contributed by atoms with Crippen LogP contribution in [0, 0.1) is 0 Å². The van der Waals surface area contributed by atoms with Gasteiger partial charge in [0, 0.05) is 6.42 Å². The number of Topliss-reactive ketones (excluding diaryl/α,β-unsaturated/α-hetero) is 1. The Morgan fingerprint density at radius 2 is 1.88 bits per heavy atom. The quantitative estimate of drug-likeness (QED) is 0.516. The molecule has 0 amide bonds. The molecule has 1 N–H and O–H groups in total. The first-order chi connectivity index (χ1) is 8.24. The molecule has 1 saturated carbocycles. The Bertz CT molecular complexity index is 256. The standard InChI is InChI=1S/C15H26O2/c1-2-3-4-5-6-7-10-14(16)12-13-9-8-11-15(13)17/h12,14,16H,2-11H2,1H3/t14-/m0/s1. The second-order valence-electron chi connectivity index (χ2n) is 5.09. The minimum atomic E-state index is -0.404. The van der Waals surface area contributed by atoms with Crippen LogP contribution in [-0.2, 0) is 4.79 Å². The molecular weight excluding hydrogens is 212 g/mol. The van der Waals surface area contributed by atoms with E-state index in [1.165, 1.54) is 32.1 Å². The highest BCUT2D eigenvalue weighted by Gasteiger charge is 2.17. The number of carbonyl (C=O) groups is 1. The smallest absolute Gasteiger partial charge is 0.158 e. The van der Waals surface area contributed by atoms with Gasteiger partial charge in [0.05, 0.1) is 6.10 Å². The fraction of sp³-hybridized carbons (Fsp3) is 0.800. The lowest BCUT2D eigenvalue weighted by atomic mass is 10.0. The SMILES string of the molecule is CCCCCCCC[C@H](O)C=C1CCCC1=O. The molecule has 1 aliphatic carbocycles. The van der Waals surface area contributed by atoms with Gasteiger partial charge in [-0.25, -0.2) is 0 Å². The van der Waals surface area contributed by atoms with Gasteiger partial charge in [-0.05, 0) is 30.9 Å².